The van der Waals surface area contributed by atoms with Crippen molar-refractivity contribution in [3.63, 3.8) is 0 Å². The first kappa shape index (κ1) is 9.23. The minimum atomic E-state index is -0.968. The van der Waals surface area contributed by atoms with Crippen LogP contribution >= 0.6 is 0 Å². The van der Waals surface area contributed by atoms with E-state index in [2.05, 4.69) is 5.32 Å². The summed E-state index contributed by atoms with van der Waals surface area (Å²) in [6.07, 6.45) is 0.703. The summed E-state index contributed by atoms with van der Waals surface area (Å²) in [6, 6.07) is 0.163. The largest absolute Gasteiger partial charge is 0.465 e. The Labute approximate surface area is 60.4 Å². The first-order chi connectivity index (χ1) is 4.63. The summed E-state index contributed by atoms with van der Waals surface area (Å²) < 4.78 is 0. The molecule has 0 heterocycles. The van der Waals surface area contributed by atoms with Crippen molar-refractivity contribution < 1.29 is 9.90 Å². The van der Waals surface area contributed by atoms with Crippen LogP contribution in [0.1, 0.15) is 19.8 Å². The third kappa shape index (κ3) is 7.23. The molecule has 0 spiro atoms. The maximum Gasteiger partial charge on any atom is 0.404 e. The second-order valence-electron chi connectivity index (χ2n) is 2.35. The van der Waals surface area contributed by atoms with Gasteiger partial charge in [0.2, 0.25) is 0 Å². The minimum Gasteiger partial charge on any atom is -0.465 e. The molecule has 0 bridgehead atoms. The van der Waals surface area contributed by atoms with Gasteiger partial charge >= 0.3 is 6.09 Å². The fourth-order valence-corrected chi connectivity index (χ4v) is 0.619. The maximum atomic E-state index is 9.90. The third-order valence-electron chi connectivity index (χ3n) is 1.11. The van der Waals surface area contributed by atoms with Gasteiger partial charge in [-0.25, -0.2) is 4.79 Å². The van der Waals surface area contributed by atoms with E-state index < -0.39 is 6.09 Å². The predicted octanol–water partition coefficient (Wildman–Crippen LogP) is 0.381. The molecule has 0 aromatic rings. The number of nitrogens with one attached hydrogen (secondary N) is 1. The SMILES string of the molecule is CC(N)CCCNC(=O)O. The second kappa shape index (κ2) is 5.05. The Kier molecular flexibility index (Phi) is 4.66. The average Bonchev–Trinajstić information content (AvgIpc) is 1.79. The highest BCUT2D eigenvalue weighted by Gasteiger charge is 1.95. The molecular weight excluding hydrogens is 132 g/mol. The third-order valence-corrected chi connectivity index (χ3v) is 1.11. The van der Waals surface area contributed by atoms with Crippen LogP contribution in [0.4, 0.5) is 4.79 Å². The number of carbonyl (C=O) groups is 1. The average molecular weight is 146 g/mol. The summed E-state index contributed by atoms with van der Waals surface area (Å²) in [5.41, 5.74) is 5.43. The van der Waals surface area contributed by atoms with Gasteiger partial charge < -0.3 is 16.2 Å². The van der Waals surface area contributed by atoms with E-state index in [-0.39, 0.29) is 6.04 Å². The van der Waals surface area contributed by atoms with Crippen LogP contribution in [0.2, 0.25) is 0 Å². The summed E-state index contributed by atoms with van der Waals surface area (Å²) in [4.78, 5) is 9.90. The zero-order chi connectivity index (χ0) is 7.98. The Morgan fingerprint density at radius 2 is 2.40 bits per heavy atom. The van der Waals surface area contributed by atoms with E-state index in [4.69, 9.17) is 10.8 Å². The molecule has 0 aromatic carbocycles. The Hall–Kier alpha value is -0.770. The number of hydrogen-bond donors (Lipinski definition) is 3. The fraction of sp³-hybridized carbons (Fsp3) is 0.833. The van der Waals surface area contributed by atoms with Crippen LogP contribution in [0.15, 0.2) is 0 Å². The molecule has 1 amide bonds. The van der Waals surface area contributed by atoms with Crippen molar-refractivity contribution in [3.8, 4) is 0 Å². The maximum absolute atomic E-state index is 9.90. The molecule has 0 aliphatic rings. The summed E-state index contributed by atoms with van der Waals surface area (Å²) in [6.45, 7) is 2.40. The molecule has 10 heavy (non-hydrogen) atoms. The second-order valence-corrected chi connectivity index (χ2v) is 2.35. The van der Waals surface area contributed by atoms with Gasteiger partial charge in [-0.3, -0.25) is 0 Å². The fourth-order valence-electron chi connectivity index (χ4n) is 0.619. The van der Waals surface area contributed by atoms with Crippen molar-refractivity contribution >= 4 is 6.09 Å². The van der Waals surface area contributed by atoms with Gasteiger partial charge in [0.15, 0.2) is 0 Å². The van der Waals surface area contributed by atoms with Crippen LogP contribution in [0.5, 0.6) is 0 Å². The van der Waals surface area contributed by atoms with Crippen molar-refractivity contribution in [3.05, 3.63) is 0 Å². The molecule has 0 aliphatic heterocycles. The van der Waals surface area contributed by atoms with Crippen LogP contribution in [-0.4, -0.2) is 23.8 Å². The summed E-state index contributed by atoms with van der Waals surface area (Å²) in [5.74, 6) is 0. The number of rotatable bonds is 4. The molecule has 4 N–H and O–H groups in total. The molecule has 60 valence electrons. The van der Waals surface area contributed by atoms with Crippen molar-refractivity contribution in [2.45, 2.75) is 25.8 Å². The van der Waals surface area contributed by atoms with Crippen LogP contribution < -0.4 is 11.1 Å². The smallest absolute Gasteiger partial charge is 0.404 e. The lowest BCUT2D eigenvalue weighted by molar-refractivity contribution is 0.194. The van der Waals surface area contributed by atoms with Crippen LogP contribution in [-0.2, 0) is 0 Å². The molecular formula is C6H14N2O2. The zero-order valence-electron chi connectivity index (χ0n) is 6.13. The van der Waals surface area contributed by atoms with Gasteiger partial charge in [0.25, 0.3) is 0 Å². The number of carboxylic acid groups (broad SMARTS) is 1. The molecule has 0 saturated carbocycles. The quantitative estimate of drug-likeness (QED) is 0.502. The van der Waals surface area contributed by atoms with Gasteiger partial charge in [-0.05, 0) is 19.8 Å². The normalized spacial score (nSPS) is 12.6. The van der Waals surface area contributed by atoms with Crippen LogP contribution in [0.3, 0.4) is 0 Å². The predicted molar refractivity (Wildman–Crippen MR) is 38.9 cm³/mol. The van der Waals surface area contributed by atoms with Crippen molar-refractivity contribution in [2.75, 3.05) is 6.54 Å². The molecule has 4 heteroatoms. The lowest BCUT2D eigenvalue weighted by Crippen LogP contribution is -2.24. The Balaban J connectivity index is 2.98. The highest BCUT2D eigenvalue weighted by molar-refractivity contribution is 5.64. The molecule has 4 nitrogen and oxygen atoms in total. The molecule has 0 radical (unpaired) electrons. The summed E-state index contributed by atoms with van der Waals surface area (Å²) in [5, 5.41) is 10.4. The highest BCUT2D eigenvalue weighted by atomic mass is 16.4. The lowest BCUT2D eigenvalue weighted by atomic mass is 10.2. The Bertz CT molecular complexity index is 104. The van der Waals surface area contributed by atoms with Crippen LogP contribution in [0.25, 0.3) is 0 Å². The minimum absolute atomic E-state index is 0.163. The Morgan fingerprint density at radius 3 is 2.80 bits per heavy atom. The van der Waals surface area contributed by atoms with E-state index >= 15 is 0 Å². The van der Waals surface area contributed by atoms with Crippen molar-refractivity contribution in [1.29, 1.82) is 0 Å². The molecule has 0 rings (SSSR count). The van der Waals surface area contributed by atoms with Gasteiger partial charge in [-0.2, -0.15) is 0 Å². The monoisotopic (exact) mass is 146 g/mol. The van der Waals surface area contributed by atoms with Crippen LogP contribution in [0, 0.1) is 0 Å². The first-order valence-corrected chi connectivity index (χ1v) is 3.35. The van der Waals surface area contributed by atoms with E-state index in [9.17, 15) is 4.79 Å². The van der Waals surface area contributed by atoms with Gasteiger partial charge in [-0.1, -0.05) is 0 Å². The van der Waals surface area contributed by atoms with Gasteiger partial charge in [-0.15, -0.1) is 0 Å². The summed E-state index contributed by atoms with van der Waals surface area (Å²) >= 11 is 0. The van der Waals surface area contributed by atoms with E-state index in [0.29, 0.717) is 6.54 Å². The van der Waals surface area contributed by atoms with Gasteiger partial charge in [0.05, 0.1) is 0 Å². The molecule has 0 aliphatic carbocycles. The first-order valence-electron chi connectivity index (χ1n) is 3.35. The molecule has 0 aromatic heterocycles. The summed E-state index contributed by atoms with van der Waals surface area (Å²) in [7, 11) is 0. The van der Waals surface area contributed by atoms with Gasteiger partial charge in [0.1, 0.15) is 0 Å². The highest BCUT2D eigenvalue weighted by Crippen LogP contribution is 1.90. The lowest BCUT2D eigenvalue weighted by Gasteiger charge is -2.03. The van der Waals surface area contributed by atoms with Crippen molar-refractivity contribution in [1.82, 2.24) is 5.32 Å². The number of nitrogens with two attached hydrogens (primary N) is 1. The van der Waals surface area contributed by atoms with E-state index in [1.54, 1.807) is 0 Å². The van der Waals surface area contributed by atoms with E-state index in [1.165, 1.54) is 0 Å². The van der Waals surface area contributed by atoms with E-state index in [0.717, 1.165) is 12.8 Å². The number of amides is 1. The van der Waals surface area contributed by atoms with Gasteiger partial charge in [0, 0.05) is 12.6 Å². The standard InChI is InChI=1S/C6H14N2O2/c1-5(7)3-2-4-8-6(9)10/h5,8H,2-4,7H2,1H3,(H,9,10). The molecule has 1 atom stereocenters. The zero-order valence-corrected chi connectivity index (χ0v) is 6.13. The Morgan fingerprint density at radius 1 is 1.80 bits per heavy atom. The topological polar surface area (TPSA) is 75.3 Å². The molecule has 0 saturated heterocycles. The number of hydrogen-bond acceptors (Lipinski definition) is 2. The van der Waals surface area contributed by atoms with E-state index in [1.807, 2.05) is 6.92 Å². The van der Waals surface area contributed by atoms with Crippen molar-refractivity contribution in [2.24, 2.45) is 5.73 Å². The molecule has 0 fully saturated rings. The molecule has 1 unspecified atom stereocenters.